The number of rotatable bonds is 3. The van der Waals surface area contributed by atoms with Crippen LogP contribution >= 0.6 is 15.9 Å². The van der Waals surface area contributed by atoms with Gasteiger partial charge in [0.05, 0.1) is 5.25 Å². The third-order valence-corrected chi connectivity index (χ3v) is 3.88. The van der Waals surface area contributed by atoms with E-state index in [2.05, 4.69) is 15.9 Å². The van der Waals surface area contributed by atoms with E-state index >= 15 is 0 Å². The molecule has 1 aromatic rings. The molecule has 0 aliphatic rings. The third-order valence-electron chi connectivity index (χ3n) is 1.99. The maximum absolute atomic E-state index is 11.2. The number of nitrogens with two attached hydrogens (primary N) is 1. The number of hydrogen-bond acceptors (Lipinski definition) is 2. The summed E-state index contributed by atoms with van der Waals surface area (Å²) in [6.07, 6.45) is 0.481. The summed E-state index contributed by atoms with van der Waals surface area (Å²) in [4.78, 5) is 0. The van der Waals surface area contributed by atoms with Crippen LogP contribution in [-0.4, -0.2) is 8.42 Å². The van der Waals surface area contributed by atoms with Gasteiger partial charge in [-0.05, 0) is 24.1 Å². The Bertz CT molecular complexity index is 417. The Kier molecular flexibility index (Phi) is 3.69. The smallest absolute Gasteiger partial charge is 0.216 e. The second-order valence-corrected chi connectivity index (χ2v) is 5.70. The lowest BCUT2D eigenvalue weighted by Gasteiger charge is -2.12. The summed E-state index contributed by atoms with van der Waals surface area (Å²) in [5.41, 5.74) is 0.726. The van der Waals surface area contributed by atoms with Gasteiger partial charge in [-0.1, -0.05) is 35.0 Å². The van der Waals surface area contributed by atoms with Gasteiger partial charge in [-0.3, -0.25) is 0 Å². The molecule has 0 radical (unpaired) electrons. The minimum Gasteiger partial charge on any atom is -0.228 e. The molecule has 0 heterocycles. The molecule has 14 heavy (non-hydrogen) atoms. The predicted octanol–water partition coefficient (Wildman–Crippen LogP) is 2.19. The number of benzene rings is 1. The van der Waals surface area contributed by atoms with Crippen LogP contribution in [0.4, 0.5) is 0 Å². The molecule has 0 bridgehead atoms. The highest BCUT2D eigenvalue weighted by molar-refractivity contribution is 9.10. The van der Waals surface area contributed by atoms with Crippen molar-refractivity contribution >= 4 is 26.0 Å². The van der Waals surface area contributed by atoms with Crippen LogP contribution < -0.4 is 5.14 Å². The summed E-state index contributed by atoms with van der Waals surface area (Å²) in [6.45, 7) is 1.80. The zero-order valence-corrected chi connectivity index (χ0v) is 10.2. The molecule has 0 aromatic heterocycles. The highest BCUT2D eigenvalue weighted by atomic mass is 79.9. The second kappa shape index (κ2) is 4.42. The van der Waals surface area contributed by atoms with E-state index < -0.39 is 15.3 Å². The van der Waals surface area contributed by atoms with E-state index in [1.165, 1.54) is 0 Å². The zero-order valence-electron chi connectivity index (χ0n) is 7.77. The van der Waals surface area contributed by atoms with Crippen LogP contribution in [0.1, 0.15) is 24.2 Å². The quantitative estimate of drug-likeness (QED) is 0.921. The summed E-state index contributed by atoms with van der Waals surface area (Å²) >= 11 is 3.29. The largest absolute Gasteiger partial charge is 0.228 e. The Labute approximate surface area is 92.5 Å². The molecule has 0 aliphatic carbocycles. The molecule has 0 saturated heterocycles. The Morgan fingerprint density at radius 1 is 1.50 bits per heavy atom. The van der Waals surface area contributed by atoms with Gasteiger partial charge >= 0.3 is 0 Å². The Morgan fingerprint density at radius 3 is 2.57 bits per heavy atom. The van der Waals surface area contributed by atoms with Crippen molar-refractivity contribution in [1.82, 2.24) is 0 Å². The Hall–Kier alpha value is -0.390. The summed E-state index contributed by atoms with van der Waals surface area (Å²) in [7, 11) is -3.51. The van der Waals surface area contributed by atoms with Gasteiger partial charge in [-0.25, -0.2) is 13.6 Å². The number of primary sulfonamides is 1. The maximum atomic E-state index is 11.2. The third kappa shape index (κ3) is 2.80. The lowest BCUT2D eigenvalue weighted by molar-refractivity contribution is 0.581. The van der Waals surface area contributed by atoms with E-state index in [1.54, 1.807) is 25.1 Å². The first kappa shape index (κ1) is 11.7. The SMILES string of the molecule is CCC(c1cccc(Br)c1)S(N)(=O)=O. The molecule has 1 unspecified atom stereocenters. The standard InChI is InChI=1S/C9H12BrNO2S/c1-2-9(14(11,12)13)7-4-3-5-8(10)6-7/h3-6,9H,2H2,1H3,(H2,11,12,13). The fraction of sp³-hybridized carbons (Fsp3) is 0.333. The average Bonchev–Trinajstić information content (AvgIpc) is 2.02. The van der Waals surface area contributed by atoms with Gasteiger partial charge in [0, 0.05) is 4.47 Å². The topological polar surface area (TPSA) is 60.2 Å². The highest BCUT2D eigenvalue weighted by Crippen LogP contribution is 2.25. The number of halogens is 1. The van der Waals surface area contributed by atoms with Crippen LogP contribution in [0.2, 0.25) is 0 Å². The van der Waals surface area contributed by atoms with Crippen molar-refractivity contribution in [2.75, 3.05) is 0 Å². The van der Waals surface area contributed by atoms with Crippen LogP contribution in [0.5, 0.6) is 0 Å². The number of sulfonamides is 1. The first-order valence-electron chi connectivity index (χ1n) is 4.22. The van der Waals surface area contributed by atoms with Crippen molar-refractivity contribution in [2.45, 2.75) is 18.6 Å². The summed E-state index contributed by atoms with van der Waals surface area (Å²) in [6, 6.07) is 7.19. The van der Waals surface area contributed by atoms with E-state index in [0.717, 1.165) is 10.0 Å². The molecule has 0 fully saturated rings. The van der Waals surface area contributed by atoms with Crippen molar-refractivity contribution < 1.29 is 8.42 Å². The van der Waals surface area contributed by atoms with E-state index in [4.69, 9.17) is 5.14 Å². The molecule has 1 atom stereocenters. The van der Waals surface area contributed by atoms with Crippen LogP contribution in [0, 0.1) is 0 Å². The summed E-state index contributed by atoms with van der Waals surface area (Å²) in [5, 5.41) is 4.52. The lowest BCUT2D eigenvalue weighted by Crippen LogP contribution is -2.21. The van der Waals surface area contributed by atoms with Crippen molar-refractivity contribution in [3.8, 4) is 0 Å². The van der Waals surface area contributed by atoms with Crippen molar-refractivity contribution in [3.63, 3.8) is 0 Å². The van der Waals surface area contributed by atoms with E-state index in [-0.39, 0.29) is 0 Å². The van der Waals surface area contributed by atoms with Gasteiger partial charge < -0.3 is 0 Å². The van der Waals surface area contributed by atoms with Crippen molar-refractivity contribution in [1.29, 1.82) is 0 Å². The molecule has 2 N–H and O–H groups in total. The molecule has 1 rings (SSSR count). The first-order valence-corrected chi connectivity index (χ1v) is 6.62. The average molecular weight is 278 g/mol. The zero-order chi connectivity index (χ0) is 10.8. The second-order valence-electron chi connectivity index (χ2n) is 3.04. The first-order chi connectivity index (χ1) is 6.45. The predicted molar refractivity (Wildman–Crippen MR) is 60.3 cm³/mol. The van der Waals surface area contributed by atoms with Gasteiger partial charge in [0.15, 0.2) is 0 Å². The van der Waals surface area contributed by atoms with E-state index in [1.807, 2.05) is 6.07 Å². The van der Waals surface area contributed by atoms with E-state index in [0.29, 0.717) is 6.42 Å². The molecule has 0 spiro atoms. The van der Waals surface area contributed by atoms with Gasteiger partial charge in [0.25, 0.3) is 0 Å². The molecule has 0 saturated carbocycles. The highest BCUT2D eigenvalue weighted by Gasteiger charge is 2.21. The molecule has 5 heteroatoms. The fourth-order valence-corrected chi connectivity index (χ4v) is 2.77. The van der Waals surface area contributed by atoms with Crippen LogP contribution in [0.25, 0.3) is 0 Å². The molecule has 1 aromatic carbocycles. The van der Waals surface area contributed by atoms with Gasteiger partial charge in [-0.15, -0.1) is 0 Å². The van der Waals surface area contributed by atoms with Crippen LogP contribution in [0.3, 0.4) is 0 Å². The monoisotopic (exact) mass is 277 g/mol. The molecule has 0 aliphatic heterocycles. The van der Waals surface area contributed by atoms with Crippen molar-refractivity contribution in [3.05, 3.63) is 34.3 Å². The van der Waals surface area contributed by atoms with Gasteiger partial charge in [0.2, 0.25) is 10.0 Å². The molecular weight excluding hydrogens is 266 g/mol. The molecule has 3 nitrogen and oxygen atoms in total. The lowest BCUT2D eigenvalue weighted by atomic mass is 10.1. The maximum Gasteiger partial charge on any atom is 0.216 e. The van der Waals surface area contributed by atoms with Crippen LogP contribution in [0.15, 0.2) is 28.7 Å². The minimum atomic E-state index is -3.51. The van der Waals surface area contributed by atoms with Crippen molar-refractivity contribution in [2.24, 2.45) is 5.14 Å². The van der Waals surface area contributed by atoms with Crippen LogP contribution in [-0.2, 0) is 10.0 Å². The van der Waals surface area contributed by atoms with E-state index in [9.17, 15) is 8.42 Å². The minimum absolute atomic E-state index is 0.481. The fourth-order valence-electron chi connectivity index (χ4n) is 1.36. The van der Waals surface area contributed by atoms with Gasteiger partial charge in [0.1, 0.15) is 0 Å². The number of hydrogen-bond donors (Lipinski definition) is 1. The Morgan fingerprint density at radius 2 is 2.14 bits per heavy atom. The summed E-state index contributed by atoms with van der Waals surface area (Å²) < 4.78 is 23.3. The molecular formula is C9H12BrNO2S. The molecule has 78 valence electrons. The normalized spacial score (nSPS) is 13.9. The Balaban J connectivity index is 3.14. The van der Waals surface area contributed by atoms with Gasteiger partial charge in [-0.2, -0.15) is 0 Å². The molecule has 0 amide bonds. The summed E-state index contributed by atoms with van der Waals surface area (Å²) in [5.74, 6) is 0.